The molecule has 84 valence electrons. The van der Waals surface area contributed by atoms with E-state index < -0.39 is 0 Å². The molecule has 1 N–H and O–H groups in total. The Morgan fingerprint density at radius 2 is 2.67 bits per heavy atom. The first-order chi connectivity index (χ1) is 7.45. The highest BCUT2D eigenvalue weighted by molar-refractivity contribution is 7.99. The monoisotopic (exact) mass is 229 g/mol. The van der Waals surface area contributed by atoms with Gasteiger partial charge < -0.3 is 9.47 Å². The Morgan fingerprint density at radius 3 is 3.40 bits per heavy atom. The summed E-state index contributed by atoms with van der Waals surface area (Å²) >= 11 is 1.61. The van der Waals surface area contributed by atoms with E-state index in [4.69, 9.17) is 9.47 Å². The van der Waals surface area contributed by atoms with Crippen molar-refractivity contribution in [2.45, 2.75) is 24.1 Å². The van der Waals surface area contributed by atoms with Crippen LogP contribution >= 0.6 is 11.8 Å². The van der Waals surface area contributed by atoms with Gasteiger partial charge in [0.2, 0.25) is 0 Å². The second kappa shape index (κ2) is 6.09. The van der Waals surface area contributed by atoms with Crippen LogP contribution in [0.1, 0.15) is 12.8 Å². The van der Waals surface area contributed by atoms with Crippen molar-refractivity contribution in [3.8, 4) is 0 Å². The zero-order chi connectivity index (χ0) is 10.3. The van der Waals surface area contributed by atoms with Gasteiger partial charge in [-0.15, -0.1) is 0 Å². The third-order valence-electron chi connectivity index (χ3n) is 2.19. The highest BCUT2D eigenvalue weighted by atomic mass is 32.2. The fourth-order valence-electron chi connectivity index (χ4n) is 1.45. The van der Waals surface area contributed by atoms with E-state index in [1.54, 1.807) is 11.8 Å². The fraction of sp³-hybridized carbons (Fsp3) is 0.778. The lowest BCUT2D eigenvalue weighted by atomic mass is 10.2. The number of nitrogens with one attached hydrogen (secondary N) is 1. The average Bonchev–Trinajstić information content (AvgIpc) is 2.88. The molecule has 15 heavy (non-hydrogen) atoms. The molecule has 6 heteroatoms. The average molecular weight is 229 g/mol. The van der Waals surface area contributed by atoms with Crippen molar-refractivity contribution in [3.05, 3.63) is 6.33 Å². The molecule has 5 nitrogen and oxygen atoms in total. The molecule has 1 saturated heterocycles. The maximum Gasteiger partial charge on any atom is 0.183 e. The topological polar surface area (TPSA) is 60.0 Å². The number of rotatable bonds is 6. The van der Waals surface area contributed by atoms with Gasteiger partial charge in [0.05, 0.1) is 19.3 Å². The summed E-state index contributed by atoms with van der Waals surface area (Å²) in [6, 6.07) is 0. The van der Waals surface area contributed by atoms with Gasteiger partial charge in [-0.05, 0) is 12.8 Å². The van der Waals surface area contributed by atoms with E-state index >= 15 is 0 Å². The van der Waals surface area contributed by atoms with Gasteiger partial charge in [-0.25, -0.2) is 4.98 Å². The first-order valence-corrected chi connectivity index (χ1v) is 6.11. The van der Waals surface area contributed by atoms with Crippen LogP contribution in [0.4, 0.5) is 0 Å². The lowest BCUT2D eigenvalue weighted by molar-refractivity contribution is 0.0226. The fourth-order valence-corrected chi connectivity index (χ4v) is 2.09. The summed E-state index contributed by atoms with van der Waals surface area (Å²) in [5.41, 5.74) is 0. The van der Waals surface area contributed by atoms with Crippen molar-refractivity contribution in [2.24, 2.45) is 0 Å². The van der Waals surface area contributed by atoms with Crippen molar-refractivity contribution in [1.29, 1.82) is 0 Å². The Kier molecular flexibility index (Phi) is 4.43. The molecule has 1 aromatic rings. The molecular weight excluding hydrogens is 214 g/mol. The van der Waals surface area contributed by atoms with E-state index in [-0.39, 0.29) is 0 Å². The Hall–Kier alpha value is -0.590. The standard InChI is InChI=1S/C9H15N3O2S/c1-2-8(14-3-1)6-13-4-5-15-9-10-7-11-12-9/h7-8H,1-6H2,(H,10,11,12)/t8-/m0/s1. The van der Waals surface area contributed by atoms with E-state index in [1.807, 2.05) is 0 Å². The van der Waals surface area contributed by atoms with E-state index in [1.165, 1.54) is 12.7 Å². The molecule has 1 aliphatic rings. The number of hydrogen-bond acceptors (Lipinski definition) is 5. The maximum atomic E-state index is 5.51. The molecular formula is C9H15N3O2S. The first kappa shape index (κ1) is 10.9. The number of thioether (sulfide) groups is 1. The predicted molar refractivity (Wildman–Crippen MR) is 56.9 cm³/mol. The largest absolute Gasteiger partial charge is 0.378 e. The van der Waals surface area contributed by atoms with E-state index in [2.05, 4.69) is 15.2 Å². The van der Waals surface area contributed by atoms with Crippen LogP contribution in [0.15, 0.2) is 11.5 Å². The normalized spacial score (nSPS) is 20.9. The molecule has 0 aromatic carbocycles. The number of nitrogens with zero attached hydrogens (tertiary/aromatic N) is 2. The van der Waals surface area contributed by atoms with E-state index in [0.717, 1.165) is 37.2 Å². The van der Waals surface area contributed by atoms with Crippen molar-refractivity contribution in [1.82, 2.24) is 15.2 Å². The summed E-state index contributed by atoms with van der Waals surface area (Å²) in [6.45, 7) is 2.34. The Balaban J connectivity index is 1.48. The molecule has 0 radical (unpaired) electrons. The molecule has 1 fully saturated rings. The molecule has 2 rings (SSSR count). The molecule has 0 bridgehead atoms. The number of ether oxygens (including phenoxy) is 2. The van der Waals surface area contributed by atoms with Crippen LogP contribution in [0.2, 0.25) is 0 Å². The van der Waals surface area contributed by atoms with E-state index in [9.17, 15) is 0 Å². The summed E-state index contributed by atoms with van der Waals surface area (Å²) in [6.07, 6.45) is 4.13. The first-order valence-electron chi connectivity index (χ1n) is 5.12. The second-order valence-corrected chi connectivity index (χ2v) is 4.43. The highest BCUT2D eigenvalue weighted by Crippen LogP contribution is 2.13. The van der Waals surface area contributed by atoms with Crippen LogP contribution in [-0.2, 0) is 9.47 Å². The predicted octanol–water partition coefficient (Wildman–Crippen LogP) is 1.09. The van der Waals surface area contributed by atoms with Crippen molar-refractivity contribution < 1.29 is 9.47 Å². The zero-order valence-electron chi connectivity index (χ0n) is 8.52. The van der Waals surface area contributed by atoms with Gasteiger partial charge in [-0.2, -0.15) is 5.10 Å². The molecule has 2 heterocycles. The van der Waals surface area contributed by atoms with Crippen LogP contribution in [0.25, 0.3) is 0 Å². The lowest BCUT2D eigenvalue weighted by Gasteiger charge is -2.09. The summed E-state index contributed by atoms with van der Waals surface area (Å²) in [4.78, 5) is 4.01. The number of aromatic amines is 1. The highest BCUT2D eigenvalue weighted by Gasteiger charge is 2.14. The van der Waals surface area contributed by atoms with Crippen LogP contribution in [0.3, 0.4) is 0 Å². The van der Waals surface area contributed by atoms with Gasteiger partial charge in [0.15, 0.2) is 5.16 Å². The van der Waals surface area contributed by atoms with Crippen molar-refractivity contribution >= 4 is 11.8 Å². The van der Waals surface area contributed by atoms with Crippen molar-refractivity contribution in [2.75, 3.05) is 25.6 Å². The van der Waals surface area contributed by atoms with Crippen molar-refractivity contribution in [3.63, 3.8) is 0 Å². The summed E-state index contributed by atoms with van der Waals surface area (Å²) in [5, 5.41) is 7.40. The Morgan fingerprint density at radius 1 is 1.67 bits per heavy atom. The maximum absolute atomic E-state index is 5.51. The molecule has 0 spiro atoms. The second-order valence-electron chi connectivity index (χ2n) is 3.35. The van der Waals surface area contributed by atoms with Gasteiger partial charge in [0.1, 0.15) is 6.33 Å². The van der Waals surface area contributed by atoms with Crippen LogP contribution < -0.4 is 0 Å². The van der Waals surface area contributed by atoms with Gasteiger partial charge in [0, 0.05) is 12.4 Å². The molecule has 0 unspecified atom stereocenters. The third-order valence-corrected chi connectivity index (χ3v) is 3.03. The molecule has 0 aliphatic carbocycles. The van der Waals surface area contributed by atoms with Gasteiger partial charge in [0.25, 0.3) is 0 Å². The molecule has 0 saturated carbocycles. The Bertz CT molecular complexity index is 262. The summed E-state index contributed by atoms with van der Waals surface area (Å²) in [7, 11) is 0. The minimum atomic E-state index is 0.320. The quantitative estimate of drug-likeness (QED) is 0.584. The number of H-pyrrole nitrogens is 1. The molecule has 1 atom stereocenters. The molecule has 1 aliphatic heterocycles. The van der Waals surface area contributed by atoms with Gasteiger partial charge >= 0.3 is 0 Å². The van der Waals surface area contributed by atoms with Crippen LogP contribution in [0.5, 0.6) is 0 Å². The van der Waals surface area contributed by atoms with Crippen LogP contribution in [-0.4, -0.2) is 46.9 Å². The van der Waals surface area contributed by atoms with E-state index in [0.29, 0.717) is 6.10 Å². The SMILES string of the molecule is c1n[nH]c(SCCOC[C@@H]2CCCO2)n1. The van der Waals surface area contributed by atoms with Gasteiger partial charge in [-0.1, -0.05) is 11.8 Å². The number of hydrogen-bond donors (Lipinski definition) is 1. The number of aromatic nitrogens is 3. The smallest absolute Gasteiger partial charge is 0.183 e. The third kappa shape index (κ3) is 3.81. The molecule has 0 amide bonds. The van der Waals surface area contributed by atoms with Crippen LogP contribution in [0, 0.1) is 0 Å². The van der Waals surface area contributed by atoms with Gasteiger partial charge in [-0.3, -0.25) is 5.10 Å². The minimum Gasteiger partial charge on any atom is -0.378 e. The summed E-state index contributed by atoms with van der Waals surface area (Å²) in [5.74, 6) is 0.891. The zero-order valence-corrected chi connectivity index (χ0v) is 9.33. The molecule has 1 aromatic heterocycles. The lowest BCUT2D eigenvalue weighted by Crippen LogP contribution is -2.15. The summed E-state index contributed by atoms with van der Waals surface area (Å²) < 4.78 is 11.0. The minimum absolute atomic E-state index is 0.320. The Labute approximate surface area is 92.9 Å².